The van der Waals surface area contributed by atoms with Gasteiger partial charge < -0.3 is 15.0 Å². The average Bonchev–Trinajstić information content (AvgIpc) is 3.28. The molecule has 0 spiro atoms. The molecule has 2 aromatic carbocycles. The van der Waals surface area contributed by atoms with Crippen molar-refractivity contribution in [2.45, 2.75) is 12.8 Å². The Morgan fingerprint density at radius 1 is 1.10 bits per heavy atom. The highest BCUT2D eigenvalue weighted by molar-refractivity contribution is 6.22. The van der Waals surface area contributed by atoms with E-state index in [1.807, 2.05) is 30.5 Å². The van der Waals surface area contributed by atoms with Crippen LogP contribution in [0, 0.1) is 0 Å². The van der Waals surface area contributed by atoms with Gasteiger partial charge in [0.05, 0.1) is 11.1 Å². The van der Waals surface area contributed by atoms with Crippen molar-refractivity contribution in [3.05, 3.63) is 70.9 Å². The molecule has 0 saturated heterocycles. The lowest BCUT2D eigenvalue weighted by molar-refractivity contribution is 0.0638. The SMILES string of the molecule is COCCCN1C(=O)c2ccc(C(=O)NCCc3c[nH]c4ccccc34)cc2C1=O. The normalized spacial score (nSPS) is 13.2. The molecule has 1 aromatic heterocycles. The van der Waals surface area contributed by atoms with Crippen molar-refractivity contribution in [1.82, 2.24) is 15.2 Å². The number of hydrogen-bond donors (Lipinski definition) is 2. The number of methoxy groups -OCH3 is 1. The van der Waals surface area contributed by atoms with Crippen molar-refractivity contribution in [2.75, 3.05) is 26.8 Å². The number of aromatic amines is 1. The summed E-state index contributed by atoms with van der Waals surface area (Å²) in [7, 11) is 1.58. The van der Waals surface area contributed by atoms with Gasteiger partial charge in [0, 0.05) is 49.5 Å². The van der Waals surface area contributed by atoms with Crippen LogP contribution in [0.5, 0.6) is 0 Å². The Morgan fingerprint density at radius 3 is 2.73 bits per heavy atom. The van der Waals surface area contributed by atoms with E-state index in [4.69, 9.17) is 4.74 Å². The predicted molar refractivity (Wildman–Crippen MR) is 113 cm³/mol. The second kappa shape index (κ2) is 8.51. The molecule has 3 amide bonds. The van der Waals surface area contributed by atoms with Gasteiger partial charge in [0.15, 0.2) is 0 Å². The second-order valence-electron chi connectivity index (χ2n) is 7.23. The monoisotopic (exact) mass is 405 g/mol. The number of carbonyl (C=O) groups is 3. The van der Waals surface area contributed by atoms with Crippen molar-refractivity contribution in [2.24, 2.45) is 0 Å². The summed E-state index contributed by atoms with van der Waals surface area (Å²) in [5.41, 5.74) is 3.19. The molecule has 1 aliphatic heterocycles. The molecule has 154 valence electrons. The van der Waals surface area contributed by atoms with E-state index < -0.39 is 0 Å². The van der Waals surface area contributed by atoms with Crippen LogP contribution in [0.4, 0.5) is 0 Å². The maximum Gasteiger partial charge on any atom is 0.261 e. The van der Waals surface area contributed by atoms with E-state index >= 15 is 0 Å². The fourth-order valence-electron chi connectivity index (χ4n) is 3.75. The highest BCUT2D eigenvalue weighted by atomic mass is 16.5. The molecule has 3 aromatic rings. The number of rotatable bonds is 8. The van der Waals surface area contributed by atoms with Gasteiger partial charge in [0.1, 0.15) is 0 Å². The summed E-state index contributed by atoms with van der Waals surface area (Å²) in [5, 5.41) is 4.03. The van der Waals surface area contributed by atoms with Crippen LogP contribution in [-0.2, 0) is 11.2 Å². The maximum absolute atomic E-state index is 12.6. The van der Waals surface area contributed by atoms with Crippen molar-refractivity contribution in [3.8, 4) is 0 Å². The van der Waals surface area contributed by atoms with Gasteiger partial charge >= 0.3 is 0 Å². The number of imide groups is 1. The average molecular weight is 405 g/mol. The van der Waals surface area contributed by atoms with E-state index in [0.29, 0.717) is 43.7 Å². The Labute approximate surface area is 174 Å². The summed E-state index contributed by atoms with van der Waals surface area (Å²) < 4.78 is 4.98. The fourth-order valence-corrected chi connectivity index (χ4v) is 3.75. The zero-order valence-corrected chi connectivity index (χ0v) is 16.7. The molecule has 0 radical (unpaired) electrons. The van der Waals surface area contributed by atoms with Crippen LogP contribution >= 0.6 is 0 Å². The number of ether oxygens (including phenoxy) is 1. The van der Waals surface area contributed by atoms with E-state index in [0.717, 1.165) is 16.5 Å². The third-order valence-electron chi connectivity index (χ3n) is 5.32. The van der Waals surface area contributed by atoms with Gasteiger partial charge in [-0.1, -0.05) is 18.2 Å². The summed E-state index contributed by atoms with van der Waals surface area (Å²) in [6.07, 6.45) is 3.21. The Balaban J connectivity index is 1.40. The Kier molecular flexibility index (Phi) is 5.63. The number of H-pyrrole nitrogens is 1. The first-order valence-corrected chi connectivity index (χ1v) is 9.92. The molecule has 2 heterocycles. The standard InChI is InChI=1S/C23H23N3O4/c1-30-12-4-11-26-22(28)18-8-7-15(13-19(18)23(26)29)21(27)24-10-9-16-14-25-20-6-3-2-5-17(16)20/h2-3,5-8,13-14,25H,4,9-12H2,1H3,(H,24,27). The van der Waals surface area contributed by atoms with Crippen LogP contribution < -0.4 is 5.32 Å². The van der Waals surface area contributed by atoms with Crippen LogP contribution in [0.1, 0.15) is 43.1 Å². The van der Waals surface area contributed by atoms with Gasteiger partial charge in [-0.25, -0.2) is 0 Å². The molecule has 7 heteroatoms. The van der Waals surface area contributed by atoms with Gasteiger partial charge in [-0.15, -0.1) is 0 Å². The highest BCUT2D eigenvalue weighted by Crippen LogP contribution is 2.24. The number of fused-ring (bicyclic) bond motifs is 2. The Morgan fingerprint density at radius 2 is 1.90 bits per heavy atom. The smallest absolute Gasteiger partial charge is 0.261 e. The molecule has 0 saturated carbocycles. The highest BCUT2D eigenvalue weighted by Gasteiger charge is 2.35. The number of nitrogens with one attached hydrogen (secondary N) is 2. The topological polar surface area (TPSA) is 91.5 Å². The minimum Gasteiger partial charge on any atom is -0.385 e. The number of carbonyl (C=O) groups excluding carboxylic acids is 3. The van der Waals surface area contributed by atoms with E-state index in [9.17, 15) is 14.4 Å². The minimum absolute atomic E-state index is 0.268. The van der Waals surface area contributed by atoms with Crippen molar-refractivity contribution in [3.63, 3.8) is 0 Å². The zero-order valence-electron chi connectivity index (χ0n) is 16.7. The predicted octanol–water partition coefficient (Wildman–Crippen LogP) is 2.77. The van der Waals surface area contributed by atoms with E-state index in [-0.39, 0.29) is 23.3 Å². The minimum atomic E-state index is -0.362. The van der Waals surface area contributed by atoms with Crippen LogP contribution in [0.3, 0.4) is 0 Å². The lowest BCUT2D eigenvalue weighted by atomic mass is 10.1. The quantitative estimate of drug-likeness (QED) is 0.445. The molecule has 0 fully saturated rings. The molecule has 30 heavy (non-hydrogen) atoms. The van der Waals surface area contributed by atoms with Crippen LogP contribution in [0.15, 0.2) is 48.7 Å². The van der Waals surface area contributed by atoms with Crippen molar-refractivity contribution < 1.29 is 19.1 Å². The summed E-state index contributed by atoms with van der Waals surface area (Å²) in [5.74, 6) is -0.951. The summed E-state index contributed by atoms with van der Waals surface area (Å²) in [6, 6.07) is 12.7. The molecule has 1 aliphatic rings. The number of para-hydroxylation sites is 1. The van der Waals surface area contributed by atoms with Crippen molar-refractivity contribution >= 4 is 28.6 Å². The Hall–Kier alpha value is -3.45. The lowest BCUT2D eigenvalue weighted by Gasteiger charge is -2.12. The third-order valence-corrected chi connectivity index (χ3v) is 5.32. The number of hydrogen-bond acceptors (Lipinski definition) is 4. The van der Waals surface area contributed by atoms with E-state index in [1.165, 1.54) is 11.0 Å². The van der Waals surface area contributed by atoms with Crippen LogP contribution in [0.25, 0.3) is 10.9 Å². The van der Waals surface area contributed by atoms with Gasteiger partial charge in [-0.2, -0.15) is 0 Å². The first kappa shape index (κ1) is 19.8. The fraction of sp³-hybridized carbons (Fsp3) is 0.261. The third kappa shape index (κ3) is 3.71. The van der Waals surface area contributed by atoms with Crippen molar-refractivity contribution in [1.29, 1.82) is 0 Å². The van der Waals surface area contributed by atoms with Gasteiger partial charge in [-0.05, 0) is 42.7 Å². The largest absolute Gasteiger partial charge is 0.385 e. The number of benzene rings is 2. The van der Waals surface area contributed by atoms with Gasteiger partial charge in [0.25, 0.3) is 17.7 Å². The first-order valence-electron chi connectivity index (χ1n) is 9.92. The number of nitrogens with zero attached hydrogens (tertiary/aromatic N) is 1. The molecule has 7 nitrogen and oxygen atoms in total. The molecular weight excluding hydrogens is 382 g/mol. The molecule has 2 N–H and O–H groups in total. The summed E-state index contributed by atoms with van der Waals surface area (Å²) in [4.78, 5) is 42.1. The number of aromatic nitrogens is 1. The van der Waals surface area contributed by atoms with Crippen LogP contribution in [0.2, 0.25) is 0 Å². The summed E-state index contributed by atoms with van der Waals surface area (Å²) in [6.45, 7) is 1.23. The molecule has 4 rings (SSSR count). The lowest BCUT2D eigenvalue weighted by Crippen LogP contribution is -2.31. The zero-order chi connectivity index (χ0) is 21.1. The summed E-state index contributed by atoms with van der Waals surface area (Å²) >= 11 is 0. The molecule has 0 atom stereocenters. The maximum atomic E-state index is 12.6. The second-order valence-corrected chi connectivity index (χ2v) is 7.23. The van der Waals surface area contributed by atoms with Gasteiger partial charge in [-0.3, -0.25) is 19.3 Å². The molecule has 0 unspecified atom stereocenters. The van der Waals surface area contributed by atoms with E-state index in [1.54, 1.807) is 19.2 Å². The Bertz CT molecular complexity index is 1120. The first-order chi connectivity index (χ1) is 14.6. The van der Waals surface area contributed by atoms with E-state index in [2.05, 4.69) is 10.3 Å². The molecule has 0 aliphatic carbocycles. The number of amides is 3. The molecular formula is C23H23N3O4. The molecule has 0 bridgehead atoms. The van der Waals surface area contributed by atoms with Gasteiger partial charge in [0.2, 0.25) is 0 Å². The van der Waals surface area contributed by atoms with Crippen LogP contribution in [-0.4, -0.2) is 54.4 Å².